The first kappa shape index (κ1) is 12.2. The third kappa shape index (κ3) is 1.00. The van der Waals surface area contributed by atoms with E-state index in [4.69, 9.17) is 9.47 Å². The molecule has 2 bridgehead atoms. The van der Waals surface area contributed by atoms with Gasteiger partial charge in [-0.2, -0.15) is 0 Å². The van der Waals surface area contributed by atoms with E-state index in [-0.39, 0.29) is 17.4 Å². The number of hydrogen-bond acceptors (Lipinski definition) is 4. The Morgan fingerprint density at radius 2 is 1.65 bits per heavy atom. The van der Waals surface area contributed by atoms with Crippen molar-refractivity contribution in [3.8, 4) is 0 Å². The second kappa shape index (κ2) is 3.35. The first-order valence-corrected chi connectivity index (χ1v) is 7.23. The van der Waals surface area contributed by atoms with Crippen molar-refractivity contribution >= 4 is 11.9 Å². The molecule has 4 heteroatoms. The molecule has 0 aromatic rings. The average molecular weight is 274 g/mol. The molecule has 4 saturated carbocycles. The van der Waals surface area contributed by atoms with Crippen LogP contribution in [0.3, 0.4) is 0 Å². The summed E-state index contributed by atoms with van der Waals surface area (Å²) in [4.78, 5) is 23.3. The van der Waals surface area contributed by atoms with Gasteiger partial charge >= 0.3 is 11.9 Å². The van der Waals surface area contributed by atoms with Gasteiger partial charge in [-0.3, -0.25) is 0 Å². The Kier molecular flexibility index (Phi) is 2.04. The largest absolute Gasteiger partial charge is 0.455 e. The normalized spacial score (nSPS) is 49.4. The highest BCUT2D eigenvalue weighted by molar-refractivity contribution is 5.83. The molecule has 0 amide bonds. The van der Waals surface area contributed by atoms with Gasteiger partial charge in [-0.1, -0.05) is 13.2 Å². The van der Waals surface area contributed by atoms with Crippen LogP contribution in [0.25, 0.3) is 0 Å². The molecular formula is C16H18O4. The molecule has 0 saturated heterocycles. The lowest BCUT2D eigenvalue weighted by molar-refractivity contribution is -0.357. The smallest absolute Gasteiger partial charge is 0.330 e. The summed E-state index contributed by atoms with van der Waals surface area (Å²) in [7, 11) is 0. The first-order chi connectivity index (χ1) is 9.52. The molecule has 1 spiro atoms. The van der Waals surface area contributed by atoms with E-state index in [0.717, 1.165) is 25.7 Å². The molecule has 4 rings (SSSR count). The minimum absolute atomic E-state index is 0.123. The maximum Gasteiger partial charge on any atom is 0.330 e. The highest BCUT2D eigenvalue weighted by Gasteiger charge is 2.92. The predicted octanol–water partition coefficient (Wildman–Crippen LogP) is 2.15. The van der Waals surface area contributed by atoms with Gasteiger partial charge in [0.1, 0.15) is 11.2 Å². The maximum atomic E-state index is 11.7. The zero-order chi connectivity index (χ0) is 14.2. The van der Waals surface area contributed by atoms with E-state index in [1.807, 2.05) is 0 Å². The van der Waals surface area contributed by atoms with Crippen LogP contribution in [0.15, 0.2) is 25.3 Å². The Labute approximate surface area is 117 Å². The van der Waals surface area contributed by atoms with Gasteiger partial charge in [0.15, 0.2) is 0 Å². The molecule has 5 unspecified atom stereocenters. The van der Waals surface area contributed by atoms with Crippen LogP contribution < -0.4 is 0 Å². The minimum atomic E-state index is -0.411. The van der Waals surface area contributed by atoms with Crippen LogP contribution >= 0.6 is 0 Å². The van der Waals surface area contributed by atoms with Crippen molar-refractivity contribution in [1.29, 1.82) is 0 Å². The molecular weight excluding hydrogens is 256 g/mol. The fraction of sp³-hybridized carbons (Fsp3) is 0.625. The number of esters is 2. The number of hydrogen-bond donors (Lipinski definition) is 0. The molecule has 0 heterocycles. The number of carbonyl (C=O) groups excluding carboxylic acids is 2. The van der Waals surface area contributed by atoms with Gasteiger partial charge in [-0.25, -0.2) is 9.59 Å². The fourth-order valence-corrected chi connectivity index (χ4v) is 5.97. The number of rotatable bonds is 4. The molecule has 0 aromatic carbocycles. The third-order valence-corrected chi connectivity index (χ3v) is 6.38. The quantitative estimate of drug-likeness (QED) is 0.582. The van der Waals surface area contributed by atoms with Crippen molar-refractivity contribution < 1.29 is 19.1 Å². The van der Waals surface area contributed by atoms with E-state index in [2.05, 4.69) is 13.2 Å². The van der Waals surface area contributed by atoms with Crippen LogP contribution in [-0.4, -0.2) is 23.1 Å². The highest BCUT2D eigenvalue weighted by Crippen LogP contribution is 2.87. The lowest BCUT2D eigenvalue weighted by Crippen LogP contribution is -2.82. The van der Waals surface area contributed by atoms with E-state index in [1.54, 1.807) is 0 Å². The Bertz CT molecular complexity index is 553. The molecule has 20 heavy (non-hydrogen) atoms. The second-order valence-corrected chi connectivity index (χ2v) is 6.70. The molecule has 4 nitrogen and oxygen atoms in total. The molecule has 5 atom stereocenters. The van der Waals surface area contributed by atoms with E-state index in [1.165, 1.54) is 12.2 Å². The van der Waals surface area contributed by atoms with Gasteiger partial charge in [0.2, 0.25) is 0 Å². The lowest BCUT2D eigenvalue weighted by atomic mass is 9.36. The second-order valence-electron chi connectivity index (χ2n) is 6.70. The van der Waals surface area contributed by atoms with Crippen LogP contribution in [-0.2, 0) is 19.1 Å². The van der Waals surface area contributed by atoms with Crippen molar-refractivity contribution in [3.63, 3.8) is 0 Å². The Hall–Kier alpha value is -1.58. The van der Waals surface area contributed by atoms with Gasteiger partial charge in [-0.05, 0) is 37.5 Å². The predicted molar refractivity (Wildman–Crippen MR) is 70.5 cm³/mol. The van der Waals surface area contributed by atoms with Crippen LogP contribution in [0.2, 0.25) is 0 Å². The van der Waals surface area contributed by atoms with Gasteiger partial charge in [0, 0.05) is 18.6 Å². The zero-order valence-electron chi connectivity index (χ0n) is 11.4. The average Bonchev–Trinajstić information content (AvgIpc) is 2.76. The fourth-order valence-electron chi connectivity index (χ4n) is 5.97. The first-order valence-electron chi connectivity index (χ1n) is 7.23. The summed E-state index contributed by atoms with van der Waals surface area (Å²) >= 11 is 0. The van der Waals surface area contributed by atoms with Crippen molar-refractivity contribution in [2.24, 2.45) is 17.3 Å². The zero-order valence-corrected chi connectivity index (χ0v) is 11.4. The summed E-state index contributed by atoms with van der Waals surface area (Å²) in [5.41, 5.74) is -0.941. The minimum Gasteiger partial charge on any atom is -0.455 e. The summed E-state index contributed by atoms with van der Waals surface area (Å²) in [5, 5.41) is 0. The van der Waals surface area contributed by atoms with Gasteiger partial charge in [-0.15, -0.1) is 0 Å². The number of ether oxygens (including phenoxy) is 2. The maximum absolute atomic E-state index is 11.7. The summed E-state index contributed by atoms with van der Waals surface area (Å²) in [5.74, 6) is 0.440. The summed E-state index contributed by atoms with van der Waals surface area (Å²) in [6, 6.07) is 0. The molecule has 4 aliphatic rings. The SMILES string of the molecule is C=CC(=O)OC12CC3CCC14C3CC4(OC(=O)C=C)C2. The van der Waals surface area contributed by atoms with Gasteiger partial charge in [0.25, 0.3) is 0 Å². The van der Waals surface area contributed by atoms with Crippen LogP contribution in [0.5, 0.6) is 0 Å². The van der Waals surface area contributed by atoms with Crippen LogP contribution in [0.1, 0.15) is 32.1 Å². The summed E-state index contributed by atoms with van der Waals surface area (Å²) < 4.78 is 11.4. The van der Waals surface area contributed by atoms with Crippen molar-refractivity contribution in [2.75, 3.05) is 0 Å². The van der Waals surface area contributed by atoms with E-state index in [9.17, 15) is 9.59 Å². The lowest BCUT2D eigenvalue weighted by Gasteiger charge is -2.74. The molecule has 0 aromatic heterocycles. The molecule has 0 aliphatic heterocycles. The van der Waals surface area contributed by atoms with Crippen molar-refractivity contribution in [2.45, 2.75) is 43.3 Å². The number of carbonyl (C=O) groups is 2. The Morgan fingerprint density at radius 1 is 1.05 bits per heavy atom. The van der Waals surface area contributed by atoms with Gasteiger partial charge < -0.3 is 9.47 Å². The van der Waals surface area contributed by atoms with Crippen molar-refractivity contribution in [3.05, 3.63) is 25.3 Å². The molecule has 0 radical (unpaired) electrons. The Morgan fingerprint density at radius 3 is 2.20 bits per heavy atom. The van der Waals surface area contributed by atoms with Crippen LogP contribution in [0, 0.1) is 17.3 Å². The molecule has 0 N–H and O–H groups in total. The summed E-state index contributed by atoms with van der Waals surface area (Å²) in [6.45, 7) is 6.95. The van der Waals surface area contributed by atoms with Gasteiger partial charge in [0.05, 0.1) is 5.41 Å². The summed E-state index contributed by atoms with van der Waals surface area (Å²) in [6.07, 6.45) is 7.08. The third-order valence-electron chi connectivity index (χ3n) is 6.38. The van der Waals surface area contributed by atoms with Crippen molar-refractivity contribution in [1.82, 2.24) is 0 Å². The standard InChI is InChI=1S/C16H18O4/c1-3-12(17)19-14-7-10-5-6-16(14)11(10)8-15(16,9-14)20-13(18)4-2/h3-4,10-11H,1-2,5-9H2. The van der Waals surface area contributed by atoms with E-state index < -0.39 is 11.2 Å². The molecule has 106 valence electrons. The molecule has 4 fully saturated rings. The molecule has 4 aliphatic carbocycles. The highest BCUT2D eigenvalue weighted by atomic mass is 16.6. The Balaban J connectivity index is 1.67. The van der Waals surface area contributed by atoms with Crippen LogP contribution in [0.4, 0.5) is 0 Å². The van der Waals surface area contributed by atoms with E-state index >= 15 is 0 Å². The monoisotopic (exact) mass is 274 g/mol. The van der Waals surface area contributed by atoms with E-state index in [0.29, 0.717) is 18.3 Å². The topological polar surface area (TPSA) is 52.6 Å².